The maximum atomic E-state index is 5.76. The van der Waals surface area contributed by atoms with Crippen LogP contribution in [0.4, 0.5) is 0 Å². The Labute approximate surface area is 98.4 Å². The smallest absolute Gasteiger partial charge is 0.0237 e. The topological polar surface area (TPSA) is 29.3 Å². The van der Waals surface area contributed by atoms with Crippen LogP contribution in [0.1, 0.15) is 30.9 Å². The number of nitrogens with two attached hydrogens (primary N) is 1. The third kappa shape index (κ3) is 2.83. The molecule has 16 heavy (non-hydrogen) atoms. The first-order valence-electron chi connectivity index (χ1n) is 6.29. The van der Waals surface area contributed by atoms with Gasteiger partial charge in [-0.3, -0.25) is 4.90 Å². The van der Waals surface area contributed by atoms with E-state index in [4.69, 9.17) is 5.73 Å². The maximum Gasteiger partial charge on any atom is 0.0237 e. The van der Waals surface area contributed by atoms with Crippen LogP contribution in [0.25, 0.3) is 0 Å². The Morgan fingerprint density at radius 1 is 1.31 bits per heavy atom. The Balaban J connectivity index is 2.02. The molecule has 1 aliphatic heterocycles. The highest BCUT2D eigenvalue weighted by Crippen LogP contribution is 2.19. The van der Waals surface area contributed by atoms with Gasteiger partial charge in [0.15, 0.2) is 0 Å². The molecule has 1 aromatic rings. The maximum absolute atomic E-state index is 5.76. The van der Waals surface area contributed by atoms with Gasteiger partial charge in [-0.25, -0.2) is 0 Å². The molecule has 0 saturated carbocycles. The second-order valence-corrected chi connectivity index (χ2v) is 4.96. The summed E-state index contributed by atoms with van der Waals surface area (Å²) < 4.78 is 0. The summed E-state index contributed by atoms with van der Waals surface area (Å²) in [6, 6.07) is 8.54. The van der Waals surface area contributed by atoms with Gasteiger partial charge in [-0.05, 0) is 36.4 Å². The van der Waals surface area contributed by atoms with E-state index in [1.807, 2.05) is 0 Å². The molecule has 1 fully saturated rings. The minimum Gasteiger partial charge on any atom is -0.326 e. The fourth-order valence-electron chi connectivity index (χ4n) is 2.58. The summed E-state index contributed by atoms with van der Waals surface area (Å²) in [6.07, 6.45) is 2.72. The van der Waals surface area contributed by atoms with Gasteiger partial charge in [0.1, 0.15) is 0 Å². The highest BCUT2D eigenvalue weighted by molar-refractivity contribution is 5.26. The van der Waals surface area contributed by atoms with Gasteiger partial charge in [0, 0.05) is 19.6 Å². The van der Waals surface area contributed by atoms with Gasteiger partial charge < -0.3 is 5.73 Å². The van der Waals surface area contributed by atoms with Crippen molar-refractivity contribution in [2.24, 2.45) is 11.7 Å². The van der Waals surface area contributed by atoms with Gasteiger partial charge in [-0.2, -0.15) is 0 Å². The molecule has 1 heterocycles. The van der Waals surface area contributed by atoms with E-state index in [0.717, 1.165) is 12.5 Å². The summed E-state index contributed by atoms with van der Waals surface area (Å²) in [5.41, 5.74) is 8.46. The second kappa shape index (κ2) is 5.46. The summed E-state index contributed by atoms with van der Waals surface area (Å²) in [6.45, 7) is 6.54. The van der Waals surface area contributed by atoms with E-state index < -0.39 is 0 Å². The van der Waals surface area contributed by atoms with E-state index in [0.29, 0.717) is 6.54 Å². The number of hydrogen-bond acceptors (Lipinski definition) is 2. The standard InChI is InChI=1S/C14H22N2/c1-12-5-4-8-16(10-12)11-14-7-3-2-6-13(14)9-15/h2-3,6-7,12H,4-5,8-11,15H2,1H3/t12-/m0/s1. The molecule has 2 N–H and O–H groups in total. The molecule has 1 atom stereocenters. The van der Waals surface area contributed by atoms with Crippen LogP contribution in [-0.2, 0) is 13.1 Å². The predicted molar refractivity (Wildman–Crippen MR) is 68.0 cm³/mol. The average Bonchev–Trinajstić information content (AvgIpc) is 2.30. The van der Waals surface area contributed by atoms with Gasteiger partial charge >= 0.3 is 0 Å². The minimum absolute atomic E-state index is 0.652. The Bertz CT molecular complexity index is 335. The first kappa shape index (κ1) is 11.6. The molecule has 0 amide bonds. The summed E-state index contributed by atoms with van der Waals surface area (Å²) in [5, 5.41) is 0. The molecule has 0 bridgehead atoms. The molecule has 88 valence electrons. The monoisotopic (exact) mass is 218 g/mol. The van der Waals surface area contributed by atoms with Crippen molar-refractivity contribution in [1.29, 1.82) is 0 Å². The van der Waals surface area contributed by atoms with Crippen LogP contribution >= 0.6 is 0 Å². The van der Waals surface area contributed by atoms with Crippen molar-refractivity contribution < 1.29 is 0 Å². The van der Waals surface area contributed by atoms with Gasteiger partial charge in [0.25, 0.3) is 0 Å². The lowest BCUT2D eigenvalue weighted by atomic mass is 9.99. The number of nitrogens with zero attached hydrogens (tertiary/aromatic N) is 1. The first-order chi connectivity index (χ1) is 7.79. The number of hydrogen-bond donors (Lipinski definition) is 1. The lowest BCUT2D eigenvalue weighted by Crippen LogP contribution is -2.34. The number of piperidine rings is 1. The van der Waals surface area contributed by atoms with E-state index >= 15 is 0 Å². The van der Waals surface area contributed by atoms with E-state index in [1.54, 1.807) is 0 Å². The zero-order valence-electron chi connectivity index (χ0n) is 10.2. The van der Waals surface area contributed by atoms with Crippen LogP contribution in [0.3, 0.4) is 0 Å². The Kier molecular flexibility index (Phi) is 3.97. The number of benzene rings is 1. The summed E-state index contributed by atoms with van der Waals surface area (Å²) in [5.74, 6) is 0.846. The van der Waals surface area contributed by atoms with Crippen molar-refractivity contribution in [3.63, 3.8) is 0 Å². The van der Waals surface area contributed by atoms with Crippen LogP contribution in [0.2, 0.25) is 0 Å². The van der Waals surface area contributed by atoms with E-state index in [2.05, 4.69) is 36.1 Å². The Morgan fingerprint density at radius 3 is 2.75 bits per heavy atom. The fourth-order valence-corrected chi connectivity index (χ4v) is 2.58. The molecule has 1 aliphatic rings. The molecule has 1 aromatic carbocycles. The third-order valence-corrected chi connectivity index (χ3v) is 3.47. The van der Waals surface area contributed by atoms with Crippen LogP contribution in [0.5, 0.6) is 0 Å². The normalized spacial score (nSPS) is 22.2. The third-order valence-electron chi connectivity index (χ3n) is 3.47. The van der Waals surface area contributed by atoms with Gasteiger partial charge in [-0.1, -0.05) is 31.2 Å². The first-order valence-corrected chi connectivity index (χ1v) is 6.29. The lowest BCUT2D eigenvalue weighted by molar-refractivity contribution is 0.176. The van der Waals surface area contributed by atoms with Crippen molar-refractivity contribution in [3.05, 3.63) is 35.4 Å². The van der Waals surface area contributed by atoms with Gasteiger partial charge in [0.2, 0.25) is 0 Å². The van der Waals surface area contributed by atoms with Crippen LogP contribution < -0.4 is 5.73 Å². The van der Waals surface area contributed by atoms with Crippen LogP contribution in [0.15, 0.2) is 24.3 Å². The fraction of sp³-hybridized carbons (Fsp3) is 0.571. The summed E-state index contributed by atoms with van der Waals surface area (Å²) in [7, 11) is 0. The van der Waals surface area contributed by atoms with Crippen molar-refractivity contribution in [1.82, 2.24) is 4.90 Å². The molecular weight excluding hydrogens is 196 g/mol. The molecule has 1 saturated heterocycles. The largest absolute Gasteiger partial charge is 0.326 e. The van der Waals surface area contributed by atoms with Crippen molar-refractivity contribution >= 4 is 0 Å². The number of rotatable bonds is 3. The zero-order valence-corrected chi connectivity index (χ0v) is 10.2. The van der Waals surface area contributed by atoms with E-state index in [9.17, 15) is 0 Å². The van der Waals surface area contributed by atoms with Crippen LogP contribution in [-0.4, -0.2) is 18.0 Å². The SMILES string of the molecule is C[C@H]1CCCN(Cc2ccccc2CN)C1. The van der Waals surface area contributed by atoms with Crippen molar-refractivity contribution in [2.45, 2.75) is 32.9 Å². The number of likely N-dealkylation sites (tertiary alicyclic amines) is 1. The van der Waals surface area contributed by atoms with Crippen LogP contribution in [0, 0.1) is 5.92 Å². The molecular formula is C14H22N2. The average molecular weight is 218 g/mol. The highest BCUT2D eigenvalue weighted by Gasteiger charge is 2.16. The van der Waals surface area contributed by atoms with E-state index in [-0.39, 0.29) is 0 Å². The quantitative estimate of drug-likeness (QED) is 0.844. The Hall–Kier alpha value is -0.860. The molecule has 0 aliphatic carbocycles. The molecule has 0 spiro atoms. The molecule has 2 heteroatoms. The predicted octanol–water partition coefficient (Wildman–Crippen LogP) is 2.38. The van der Waals surface area contributed by atoms with Gasteiger partial charge in [-0.15, -0.1) is 0 Å². The lowest BCUT2D eigenvalue weighted by Gasteiger charge is -2.31. The Morgan fingerprint density at radius 2 is 2.06 bits per heavy atom. The van der Waals surface area contributed by atoms with Crippen molar-refractivity contribution in [3.8, 4) is 0 Å². The summed E-state index contributed by atoms with van der Waals surface area (Å²) in [4.78, 5) is 2.56. The summed E-state index contributed by atoms with van der Waals surface area (Å²) >= 11 is 0. The van der Waals surface area contributed by atoms with E-state index in [1.165, 1.54) is 37.1 Å². The molecule has 0 radical (unpaired) electrons. The highest BCUT2D eigenvalue weighted by atomic mass is 15.1. The zero-order chi connectivity index (χ0) is 11.4. The van der Waals surface area contributed by atoms with Crippen molar-refractivity contribution in [2.75, 3.05) is 13.1 Å². The second-order valence-electron chi connectivity index (χ2n) is 4.96. The molecule has 2 nitrogen and oxygen atoms in total. The minimum atomic E-state index is 0.652. The molecule has 0 unspecified atom stereocenters. The van der Waals surface area contributed by atoms with Gasteiger partial charge in [0.05, 0.1) is 0 Å². The molecule has 0 aromatic heterocycles. The molecule has 2 rings (SSSR count).